The van der Waals surface area contributed by atoms with Gasteiger partial charge in [0.25, 0.3) is 0 Å². The van der Waals surface area contributed by atoms with Crippen LogP contribution < -0.4 is 16.4 Å². The smallest absolute Gasteiger partial charge is 0.227 e. The molecule has 0 atom stereocenters. The van der Waals surface area contributed by atoms with E-state index < -0.39 is 0 Å². The first-order valence-electron chi connectivity index (χ1n) is 8.94. The monoisotopic (exact) mass is 366 g/mol. The van der Waals surface area contributed by atoms with Crippen LogP contribution in [0.25, 0.3) is 0 Å². The van der Waals surface area contributed by atoms with Crippen molar-refractivity contribution in [1.82, 2.24) is 10.3 Å². The van der Waals surface area contributed by atoms with Crippen molar-refractivity contribution in [2.75, 3.05) is 11.1 Å². The highest BCUT2D eigenvalue weighted by atomic mass is 35.5. The molecule has 0 saturated heterocycles. The molecule has 2 saturated carbocycles. The first-order valence-corrected chi connectivity index (χ1v) is 8.94. The number of nitrogens with two attached hydrogens (primary N) is 1. The summed E-state index contributed by atoms with van der Waals surface area (Å²) in [5.74, 6) is 0.897. The number of rotatable bonds is 4. The van der Waals surface area contributed by atoms with Crippen molar-refractivity contribution in [2.45, 2.75) is 57.4 Å². The number of carbonyl (C=O) groups excluding carboxylic acids is 2. The number of carbonyl (C=O) groups is 2. The standard InChI is InChI=1S/C18H26N4O2.ClH/c19-16-10-9-15(11-20-16)22-18(24)13-5-7-14(8-6-13)21-17(23)12-3-1-2-4-12;/h9-14H,1-8H2,(H2,19,20)(H,21,23)(H,22,24);1H. The van der Waals surface area contributed by atoms with Crippen LogP contribution in [0.3, 0.4) is 0 Å². The highest BCUT2D eigenvalue weighted by Crippen LogP contribution is 2.28. The number of hydrogen-bond donors (Lipinski definition) is 3. The Hall–Kier alpha value is -1.82. The topological polar surface area (TPSA) is 97.1 Å². The van der Waals surface area contributed by atoms with Gasteiger partial charge in [-0.1, -0.05) is 12.8 Å². The highest BCUT2D eigenvalue weighted by Gasteiger charge is 2.29. The van der Waals surface area contributed by atoms with E-state index in [1.54, 1.807) is 18.3 Å². The van der Waals surface area contributed by atoms with Crippen molar-refractivity contribution in [3.05, 3.63) is 18.3 Å². The van der Waals surface area contributed by atoms with Gasteiger partial charge in [0.05, 0.1) is 11.9 Å². The van der Waals surface area contributed by atoms with Crippen molar-refractivity contribution in [2.24, 2.45) is 11.8 Å². The van der Waals surface area contributed by atoms with Crippen LogP contribution >= 0.6 is 12.4 Å². The second-order valence-corrected chi connectivity index (χ2v) is 7.00. The lowest BCUT2D eigenvalue weighted by Crippen LogP contribution is -2.41. The SMILES string of the molecule is Cl.Nc1ccc(NC(=O)C2CCC(NC(=O)C3CCCC3)CC2)cn1. The van der Waals surface area contributed by atoms with Crippen molar-refractivity contribution in [1.29, 1.82) is 0 Å². The molecule has 0 radical (unpaired) electrons. The van der Waals surface area contributed by atoms with E-state index >= 15 is 0 Å². The van der Waals surface area contributed by atoms with Gasteiger partial charge in [0.2, 0.25) is 11.8 Å². The van der Waals surface area contributed by atoms with Crippen LogP contribution in [0.1, 0.15) is 51.4 Å². The van der Waals surface area contributed by atoms with Gasteiger partial charge < -0.3 is 16.4 Å². The number of halogens is 1. The van der Waals surface area contributed by atoms with E-state index in [4.69, 9.17) is 5.73 Å². The number of nitrogen functional groups attached to an aromatic ring is 1. The Labute approximate surface area is 154 Å². The van der Waals surface area contributed by atoms with Crippen LogP contribution in [-0.2, 0) is 9.59 Å². The van der Waals surface area contributed by atoms with Gasteiger partial charge in [0, 0.05) is 17.9 Å². The molecule has 7 heteroatoms. The largest absolute Gasteiger partial charge is 0.384 e. The minimum absolute atomic E-state index is 0. The molecule has 0 unspecified atom stereocenters. The molecule has 2 fully saturated rings. The fourth-order valence-electron chi connectivity index (χ4n) is 3.73. The normalized spacial score (nSPS) is 23.5. The summed E-state index contributed by atoms with van der Waals surface area (Å²) in [5.41, 5.74) is 6.21. The highest BCUT2D eigenvalue weighted by molar-refractivity contribution is 5.92. The molecule has 2 aliphatic carbocycles. The third-order valence-corrected chi connectivity index (χ3v) is 5.22. The Kier molecular flexibility index (Phi) is 7.05. The van der Waals surface area contributed by atoms with Gasteiger partial charge in [-0.15, -0.1) is 12.4 Å². The molecule has 4 N–H and O–H groups in total. The van der Waals surface area contributed by atoms with Gasteiger partial charge in [0.1, 0.15) is 5.82 Å². The van der Waals surface area contributed by atoms with Crippen molar-refractivity contribution in [3.63, 3.8) is 0 Å². The summed E-state index contributed by atoms with van der Waals surface area (Å²) in [5, 5.41) is 6.08. The van der Waals surface area contributed by atoms with E-state index in [2.05, 4.69) is 15.6 Å². The fraction of sp³-hybridized carbons (Fsp3) is 0.611. The van der Waals surface area contributed by atoms with E-state index in [1.807, 2.05) is 0 Å². The summed E-state index contributed by atoms with van der Waals surface area (Å²) in [6.07, 6.45) is 9.33. The summed E-state index contributed by atoms with van der Waals surface area (Å²) >= 11 is 0. The molecule has 3 rings (SSSR count). The number of aromatic nitrogens is 1. The van der Waals surface area contributed by atoms with E-state index in [-0.39, 0.29) is 42.1 Å². The van der Waals surface area contributed by atoms with E-state index in [0.717, 1.165) is 38.5 Å². The Balaban J connectivity index is 0.00000225. The Morgan fingerprint density at radius 1 is 0.960 bits per heavy atom. The zero-order valence-electron chi connectivity index (χ0n) is 14.4. The van der Waals surface area contributed by atoms with E-state index in [9.17, 15) is 9.59 Å². The predicted octanol–water partition coefficient (Wildman–Crippen LogP) is 2.89. The predicted molar refractivity (Wildman–Crippen MR) is 100 cm³/mol. The minimum atomic E-state index is 0. The van der Waals surface area contributed by atoms with Gasteiger partial charge in [-0.3, -0.25) is 9.59 Å². The van der Waals surface area contributed by atoms with Crippen molar-refractivity contribution >= 4 is 35.7 Å². The number of pyridine rings is 1. The molecule has 1 aromatic heterocycles. The summed E-state index contributed by atoms with van der Waals surface area (Å²) in [6, 6.07) is 3.65. The van der Waals surface area contributed by atoms with Crippen molar-refractivity contribution in [3.8, 4) is 0 Å². The molecule has 1 heterocycles. The van der Waals surface area contributed by atoms with Crippen LogP contribution in [0.2, 0.25) is 0 Å². The second-order valence-electron chi connectivity index (χ2n) is 7.00. The third-order valence-electron chi connectivity index (χ3n) is 5.22. The van der Waals surface area contributed by atoms with Crippen LogP contribution in [0.15, 0.2) is 18.3 Å². The molecule has 0 aliphatic heterocycles. The summed E-state index contributed by atoms with van der Waals surface area (Å²) in [6.45, 7) is 0. The zero-order chi connectivity index (χ0) is 16.9. The van der Waals surface area contributed by atoms with Gasteiger partial charge in [-0.2, -0.15) is 0 Å². The fourth-order valence-corrected chi connectivity index (χ4v) is 3.73. The van der Waals surface area contributed by atoms with Crippen LogP contribution in [0.4, 0.5) is 11.5 Å². The number of amides is 2. The van der Waals surface area contributed by atoms with Gasteiger partial charge in [0.15, 0.2) is 0 Å². The summed E-state index contributed by atoms with van der Waals surface area (Å²) in [7, 11) is 0. The number of anilines is 2. The average Bonchev–Trinajstić information content (AvgIpc) is 3.12. The summed E-state index contributed by atoms with van der Waals surface area (Å²) in [4.78, 5) is 28.5. The lowest BCUT2D eigenvalue weighted by molar-refractivity contribution is -0.125. The van der Waals surface area contributed by atoms with Crippen molar-refractivity contribution < 1.29 is 9.59 Å². The average molecular weight is 367 g/mol. The number of nitrogens with one attached hydrogen (secondary N) is 2. The molecule has 0 bridgehead atoms. The van der Waals surface area contributed by atoms with Crippen LogP contribution in [0, 0.1) is 11.8 Å². The first kappa shape index (κ1) is 19.5. The number of hydrogen-bond acceptors (Lipinski definition) is 4. The second kappa shape index (κ2) is 9.04. The molecule has 25 heavy (non-hydrogen) atoms. The number of nitrogens with zero attached hydrogens (tertiary/aromatic N) is 1. The Morgan fingerprint density at radius 2 is 1.60 bits per heavy atom. The van der Waals surface area contributed by atoms with Gasteiger partial charge >= 0.3 is 0 Å². The Bertz CT molecular complexity index is 579. The molecule has 138 valence electrons. The molecule has 1 aromatic rings. The van der Waals surface area contributed by atoms with Crippen LogP contribution in [-0.4, -0.2) is 22.8 Å². The molecular formula is C18H27ClN4O2. The molecule has 2 aliphatic rings. The maximum absolute atomic E-state index is 12.3. The van der Waals surface area contributed by atoms with E-state index in [0.29, 0.717) is 11.5 Å². The maximum Gasteiger partial charge on any atom is 0.227 e. The van der Waals surface area contributed by atoms with Gasteiger partial charge in [-0.25, -0.2) is 4.98 Å². The van der Waals surface area contributed by atoms with Crippen LogP contribution in [0.5, 0.6) is 0 Å². The zero-order valence-corrected chi connectivity index (χ0v) is 15.2. The lowest BCUT2D eigenvalue weighted by atomic mass is 9.85. The molecular weight excluding hydrogens is 340 g/mol. The Morgan fingerprint density at radius 3 is 2.20 bits per heavy atom. The third kappa shape index (κ3) is 5.33. The molecule has 6 nitrogen and oxygen atoms in total. The summed E-state index contributed by atoms with van der Waals surface area (Å²) < 4.78 is 0. The quantitative estimate of drug-likeness (QED) is 0.763. The van der Waals surface area contributed by atoms with E-state index in [1.165, 1.54) is 12.8 Å². The maximum atomic E-state index is 12.3. The van der Waals surface area contributed by atoms with Gasteiger partial charge in [-0.05, 0) is 50.7 Å². The molecule has 0 spiro atoms. The molecule has 2 amide bonds. The molecule has 0 aromatic carbocycles. The first-order chi connectivity index (χ1) is 11.6. The minimum Gasteiger partial charge on any atom is -0.384 e. The lowest BCUT2D eigenvalue weighted by Gasteiger charge is -2.29.